The van der Waals surface area contributed by atoms with E-state index < -0.39 is 23.2 Å². The minimum atomic E-state index is -1.26. The maximum absolute atomic E-state index is 14.1. The van der Waals surface area contributed by atoms with Crippen molar-refractivity contribution in [2.24, 2.45) is 11.8 Å². The summed E-state index contributed by atoms with van der Waals surface area (Å²) in [4.78, 5) is 69.9. The first-order chi connectivity index (χ1) is 29.0. The van der Waals surface area contributed by atoms with Gasteiger partial charge in [-0.25, -0.2) is 14.6 Å². The number of hydrogen-bond donors (Lipinski definition) is 3. The van der Waals surface area contributed by atoms with Gasteiger partial charge in [-0.05, 0) is 109 Å². The molecule has 3 heterocycles. The van der Waals surface area contributed by atoms with Crippen LogP contribution in [0.15, 0.2) is 24.4 Å². The molecule has 0 bridgehead atoms. The number of amides is 3. The van der Waals surface area contributed by atoms with Crippen LogP contribution in [0, 0.1) is 11.8 Å². The second kappa shape index (κ2) is 19.6. The summed E-state index contributed by atoms with van der Waals surface area (Å²) >= 11 is 0. The lowest BCUT2D eigenvalue weighted by atomic mass is 9.82. The predicted molar refractivity (Wildman–Crippen MR) is 237 cm³/mol. The topological polar surface area (TPSA) is 168 Å². The van der Waals surface area contributed by atoms with E-state index in [0.29, 0.717) is 53.9 Å². The number of likely N-dealkylation sites (N-methyl/N-ethyl adjacent to an activating group) is 1. The van der Waals surface area contributed by atoms with E-state index in [1.54, 1.807) is 64.2 Å². The summed E-state index contributed by atoms with van der Waals surface area (Å²) in [7, 11) is 3.35. The first-order valence-corrected chi connectivity index (χ1v) is 22.6. The molecule has 2 aliphatic heterocycles. The maximum atomic E-state index is 14.1. The second-order valence-electron chi connectivity index (χ2n) is 19.0. The standard InChI is InChI=1S/C46H70N8O7/c1-10-36-41(56)52(8)37-28-47-43(50-39(37)54(36)33-15-11-12-16-33)49-35-19-18-31(27-38(35)59-9)40(55)48-32-20-23-53(24-21-32)25-22-46(29(2)3,51-44(58)61-45(5,6)7)42(57)60-34-17-13-14-30(4)26-34/h18-19,27-30,32-34,36H,10-17,20-26H2,1-9H3,(H,48,55)(H,51,58)(H,47,49,50)/t30?,34?,36-,46+/m1/s1. The maximum Gasteiger partial charge on any atom is 0.408 e. The molecule has 15 nitrogen and oxygen atoms in total. The molecule has 4 atom stereocenters. The van der Waals surface area contributed by atoms with Crippen LogP contribution in [-0.4, -0.2) is 108 Å². The molecule has 0 radical (unpaired) electrons. The predicted octanol–water partition coefficient (Wildman–Crippen LogP) is 7.36. The Hall–Kier alpha value is -4.66. The number of fused-ring (bicyclic) bond motifs is 1. The number of nitrogens with zero attached hydrogens (tertiary/aromatic N) is 5. The number of benzene rings is 1. The molecular weight excluding hydrogens is 777 g/mol. The number of esters is 1. The fraction of sp³-hybridized carbons (Fsp3) is 0.696. The van der Waals surface area contributed by atoms with Gasteiger partial charge in [-0.2, -0.15) is 4.98 Å². The van der Waals surface area contributed by atoms with Crippen LogP contribution in [0.25, 0.3) is 0 Å². The summed E-state index contributed by atoms with van der Waals surface area (Å²) in [5.41, 5.74) is -0.204. The number of hydrogen-bond acceptors (Lipinski definition) is 12. The minimum absolute atomic E-state index is 0.0378. The number of nitrogens with one attached hydrogen (secondary N) is 3. The van der Waals surface area contributed by atoms with Gasteiger partial charge in [0.25, 0.3) is 5.91 Å². The molecular formula is C46H70N8O7. The molecule has 1 aromatic carbocycles. The number of methoxy groups -OCH3 is 1. The second-order valence-corrected chi connectivity index (χ2v) is 19.0. The SMILES string of the molecule is CC[C@@H]1C(=O)N(C)c2cnc(Nc3ccc(C(=O)NC4CCN(CC[C@@](NC(=O)OC(C)(C)C)(C(=O)OC5CCCC(C)C5)C(C)C)CC4)cc3OC)nc2N1C1CCCC1. The quantitative estimate of drug-likeness (QED) is 0.162. The molecule has 2 saturated carbocycles. The van der Waals surface area contributed by atoms with Crippen LogP contribution in [0.2, 0.25) is 0 Å². The number of likely N-dealkylation sites (tertiary alicyclic amines) is 1. The Balaban J connectivity index is 1.07. The summed E-state index contributed by atoms with van der Waals surface area (Å²) < 4.78 is 17.5. The Bertz CT molecular complexity index is 1870. The van der Waals surface area contributed by atoms with Crippen molar-refractivity contribution in [3.63, 3.8) is 0 Å². The van der Waals surface area contributed by atoms with Gasteiger partial charge in [-0.15, -0.1) is 0 Å². The van der Waals surface area contributed by atoms with E-state index in [1.165, 1.54) is 0 Å². The molecule has 6 rings (SSSR count). The molecule has 3 amide bonds. The number of rotatable bonds is 14. The van der Waals surface area contributed by atoms with Crippen LogP contribution in [0.3, 0.4) is 0 Å². The van der Waals surface area contributed by atoms with Crippen LogP contribution in [-0.2, 0) is 19.1 Å². The van der Waals surface area contributed by atoms with Crippen LogP contribution in [0.5, 0.6) is 5.75 Å². The smallest absolute Gasteiger partial charge is 0.408 e. The first-order valence-electron chi connectivity index (χ1n) is 22.6. The van der Waals surface area contributed by atoms with E-state index in [-0.39, 0.29) is 42.0 Å². The number of carbonyl (C=O) groups excluding carboxylic acids is 4. The van der Waals surface area contributed by atoms with Crippen molar-refractivity contribution in [1.82, 2.24) is 25.5 Å². The van der Waals surface area contributed by atoms with Gasteiger partial charge in [0.15, 0.2) is 5.82 Å². The fourth-order valence-corrected chi connectivity index (χ4v) is 9.52. The van der Waals surface area contributed by atoms with Crippen LogP contribution >= 0.6 is 0 Å². The molecule has 0 spiro atoms. The number of piperidine rings is 1. The molecule has 2 aliphatic carbocycles. The van der Waals surface area contributed by atoms with Crippen molar-refractivity contribution in [3.8, 4) is 5.75 Å². The first kappa shape index (κ1) is 45.9. The van der Waals surface area contributed by atoms with E-state index in [1.807, 2.05) is 20.8 Å². The normalized spacial score (nSPS) is 22.7. The number of aromatic nitrogens is 2. The van der Waals surface area contributed by atoms with Gasteiger partial charge in [0, 0.05) is 44.3 Å². The van der Waals surface area contributed by atoms with Gasteiger partial charge in [-0.1, -0.05) is 47.0 Å². The fourth-order valence-electron chi connectivity index (χ4n) is 9.52. The van der Waals surface area contributed by atoms with Gasteiger partial charge in [0.05, 0.1) is 19.0 Å². The highest BCUT2D eigenvalue weighted by molar-refractivity contribution is 6.04. The van der Waals surface area contributed by atoms with Gasteiger partial charge in [-0.3, -0.25) is 9.59 Å². The molecule has 15 heteroatoms. The van der Waals surface area contributed by atoms with Crippen molar-refractivity contribution in [3.05, 3.63) is 30.0 Å². The van der Waals surface area contributed by atoms with E-state index in [4.69, 9.17) is 19.2 Å². The molecule has 2 unspecified atom stereocenters. The highest BCUT2D eigenvalue weighted by Gasteiger charge is 2.47. The number of anilines is 4. The van der Waals surface area contributed by atoms with Crippen LogP contribution in [0.1, 0.15) is 136 Å². The summed E-state index contributed by atoms with van der Waals surface area (Å²) in [6.07, 6.45) is 11.6. The number of carbonyl (C=O) groups is 4. The van der Waals surface area contributed by atoms with Crippen molar-refractivity contribution in [1.29, 1.82) is 0 Å². The average Bonchev–Trinajstić information content (AvgIpc) is 3.75. The van der Waals surface area contributed by atoms with Gasteiger partial charge < -0.3 is 44.9 Å². The molecule has 61 heavy (non-hydrogen) atoms. The van der Waals surface area contributed by atoms with Crippen LogP contribution < -0.4 is 30.5 Å². The molecule has 1 saturated heterocycles. The summed E-state index contributed by atoms with van der Waals surface area (Å²) in [6.45, 7) is 15.5. The average molecular weight is 847 g/mol. The van der Waals surface area contributed by atoms with Gasteiger partial charge >= 0.3 is 12.1 Å². The largest absolute Gasteiger partial charge is 0.495 e. The zero-order valence-electron chi connectivity index (χ0n) is 38.0. The minimum Gasteiger partial charge on any atom is -0.495 e. The number of ether oxygens (including phenoxy) is 3. The third-order valence-electron chi connectivity index (χ3n) is 13.1. The third kappa shape index (κ3) is 10.9. The highest BCUT2D eigenvalue weighted by atomic mass is 16.6. The zero-order valence-corrected chi connectivity index (χ0v) is 38.0. The number of alkyl carbamates (subject to hydrolysis) is 1. The lowest BCUT2D eigenvalue weighted by Crippen LogP contribution is -2.61. The Morgan fingerprint density at radius 3 is 2.36 bits per heavy atom. The Labute approximate surface area is 362 Å². The van der Waals surface area contributed by atoms with Gasteiger partial charge in [0.1, 0.15) is 34.7 Å². The highest BCUT2D eigenvalue weighted by Crippen LogP contribution is 2.40. The van der Waals surface area contributed by atoms with E-state index in [9.17, 15) is 19.2 Å². The third-order valence-corrected chi connectivity index (χ3v) is 13.1. The van der Waals surface area contributed by atoms with E-state index in [0.717, 1.165) is 83.1 Å². The lowest BCUT2D eigenvalue weighted by molar-refractivity contribution is -0.162. The van der Waals surface area contributed by atoms with E-state index >= 15 is 0 Å². The monoisotopic (exact) mass is 847 g/mol. The summed E-state index contributed by atoms with van der Waals surface area (Å²) in [5, 5.41) is 9.50. The van der Waals surface area contributed by atoms with Crippen molar-refractivity contribution in [2.75, 3.05) is 48.9 Å². The molecule has 336 valence electrons. The van der Waals surface area contributed by atoms with E-state index in [2.05, 4.69) is 37.7 Å². The molecule has 1 aromatic heterocycles. The Morgan fingerprint density at radius 1 is 1.00 bits per heavy atom. The molecule has 3 N–H and O–H groups in total. The van der Waals surface area contributed by atoms with Crippen molar-refractivity contribution in [2.45, 2.75) is 161 Å². The molecule has 2 aromatic rings. The zero-order chi connectivity index (χ0) is 44.1. The van der Waals surface area contributed by atoms with Crippen molar-refractivity contribution < 1.29 is 33.4 Å². The lowest BCUT2D eigenvalue weighted by Gasteiger charge is -2.43. The van der Waals surface area contributed by atoms with Crippen molar-refractivity contribution >= 4 is 47.0 Å². The van der Waals surface area contributed by atoms with Crippen LogP contribution in [0.4, 0.5) is 27.9 Å². The Morgan fingerprint density at radius 2 is 1.72 bits per heavy atom. The molecule has 4 aliphatic rings. The Kier molecular flexibility index (Phi) is 14.7. The summed E-state index contributed by atoms with van der Waals surface area (Å²) in [6, 6.07) is 5.21. The van der Waals surface area contributed by atoms with Gasteiger partial charge in [0.2, 0.25) is 11.9 Å². The molecule has 3 fully saturated rings. The summed E-state index contributed by atoms with van der Waals surface area (Å²) in [5.74, 6) is 1.31.